The van der Waals surface area contributed by atoms with Crippen molar-refractivity contribution in [3.05, 3.63) is 0 Å². The maximum atomic E-state index is 13.0. The summed E-state index contributed by atoms with van der Waals surface area (Å²) in [5, 5.41) is 3.07. The number of amides is 2. The van der Waals surface area contributed by atoms with Crippen molar-refractivity contribution in [2.45, 2.75) is 70.5 Å². The Labute approximate surface area is 114 Å². The minimum Gasteiger partial charge on any atom is -0.340 e. The molecule has 3 aliphatic rings. The smallest absolute Gasteiger partial charge is 0.249 e. The van der Waals surface area contributed by atoms with Crippen molar-refractivity contribution in [1.82, 2.24) is 10.2 Å². The Balaban J connectivity index is 2.01. The minimum absolute atomic E-state index is 0.0534. The second-order valence-corrected chi connectivity index (χ2v) is 7.12. The molecule has 19 heavy (non-hydrogen) atoms. The molecule has 1 heterocycles. The maximum Gasteiger partial charge on any atom is 0.249 e. The molecule has 4 heteroatoms. The SMILES string of the molecule is CC(C)N1C(=O)C(C)(C2CC2)NC(=O)C1(C)C1CC1. The highest BCUT2D eigenvalue weighted by atomic mass is 16.2. The first-order chi connectivity index (χ1) is 8.81. The van der Waals surface area contributed by atoms with Gasteiger partial charge in [-0.3, -0.25) is 9.59 Å². The van der Waals surface area contributed by atoms with Crippen LogP contribution in [0, 0.1) is 11.8 Å². The van der Waals surface area contributed by atoms with Crippen molar-refractivity contribution in [2.24, 2.45) is 11.8 Å². The van der Waals surface area contributed by atoms with Crippen molar-refractivity contribution in [2.75, 3.05) is 0 Å². The van der Waals surface area contributed by atoms with E-state index in [-0.39, 0.29) is 17.9 Å². The topological polar surface area (TPSA) is 49.4 Å². The van der Waals surface area contributed by atoms with Crippen LogP contribution in [0.3, 0.4) is 0 Å². The van der Waals surface area contributed by atoms with Crippen LogP contribution in [0.15, 0.2) is 0 Å². The Morgan fingerprint density at radius 3 is 2.05 bits per heavy atom. The largest absolute Gasteiger partial charge is 0.340 e. The fourth-order valence-corrected chi connectivity index (χ4v) is 3.72. The van der Waals surface area contributed by atoms with E-state index in [9.17, 15) is 9.59 Å². The minimum atomic E-state index is -0.671. The number of piperazine rings is 1. The van der Waals surface area contributed by atoms with Gasteiger partial charge in [0, 0.05) is 6.04 Å². The Kier molecular flexibility index (Phi) is 2.55. The van der Waals surface area contributed by atoms with Gasteiger partial charge in [-0.05, 0) is 65.2 Å². The van der Waals surface area contributed by atoms with E-state index in [1.165, 1.54) is 0 Å². The molecule has 1 N–H and O–H groups in total. The molecule has 0 aromatic carbocycles. The van der Waals surface area contributed by atoms with Crippen LogP contribution in [0.25, 0.3) is 0 Å². The predicted molar refractivity (Wildman–Crippen MR) is 72.4 cm³/mol. The van der Waals surface area contributed by atoms with Crippen LogP contribution in [0.1, 0.15) is 53.4 Å². The lowest BCUT2D eigenvalue weighted by atomic mass is 9.80. The molecule has 1 aliphatic heterocycles. The normalized spacial score (nSPS) is 39.7. The highest BCUT2D eigenvalue weighted by molar-refractivity contribution is 6.02. The molecule has 0 aromatic rings. The van der Waals surface area contributed by atoms with E-state index in [2.05, 4.69) is 5.32 Å². The third-order valence-electron chi connectivity index (χ3n) is 5.28. The van der Waals surface area contributed by atoms with Crippen molar-refractivity contribution in [3.8, 4) is 0 Å². The summed E-state index contributed by atoms with van der Waals surface area (Å²) in [6.45, 7) is 7.89. The molecular weight excluding hydrogens is 240 g/mol. The Bertz CT molecular complexity index is 439. The van der Waals surface area contributed by atoms with Gasteiger partial charge in [0.15, 0.2) is 0 Å². The third kappa shape index (κ3) is 1.65. The number of hydrogen-bond acceptors (Lipinski definition) is 2. The Hall–Kier alpha value is -1.06. The van der Waals surface area contributed by atoms with Crippen LogP contribution in [0.4, 0.5) is 0 Å². The fourth-order valence-electron chi connectivity index (χ4n) is 3.72. The van der Waals surface area contributed by atoms with Crippen LogP contribution < -0.4 is 5.32 Å². The van der Waals surface area contributed by atoms with E-state index in [0.29, 0.717) is 11.8 Å². The first-order valence-corrected chi connectivity index (χ1v) is 7.48. The quantitative estimate of drug-likeness (QED) is 0.843. The summed E-state index contributed by atoms with van der Waals surface area (Å²) >= 11 is 0. The van der Waals surface area contributed by atoms with Crippen LogP contribution in [0.2, 0.25) is 0 Å². The molecule has 0 aromatic heterocycles. The van der Waals surface area contributed by atoms with Crippen LogP contribution in [-0.2, 0) is 9.59 Å². The molecule has 0 bridgehead atoms. The summed E-state index contributed by atoms with van der Waals surface area (Å²) in [6.07, 6.45) is 4.21. The average molecular weight is 264 g/mol. The second-order valence-electron chi connectivity index (χ2n) is 7.12. The third-order valence-corrected chi connectivity index (χ3v) is 5.28. The van der Waals surface area contributed by atoms with Crippen molar-refractivity contribution in [3.63, 3.8) is 0 Å². The molecule has 2 aliphatic carbocycles. The van der Waals surface area contributed by atoms with Crippen LogP contribution in [-0.4, -0.2) is 33.8 Å². The lowest BCUT2D eigenvalue weighted by Crippen LogP contribution is -2.76. The maximum absolute atomic E-state index is 13.0. The summed E-state index contributed by atoms with van der Waals surface area (Å²) < 4.78 is 0. The van der Waals surface area contributed by atoms with E-state index in [1.807, 2.05) is 32.6 Å². The van der Waals surface area contributed by atoms with Gasteiger partial charge in [-0.2, -0.15) is 0 Å². The fraction of sp³-hybridized carbons (Fsp3) is 0.867. The number of nitrogens with zero attached hydrogens (tertiary/aromatic N) is 1. The van der Waals surface area contributed by atoms with Crippen molar-refractivity contribution < 1.29 is 9.59 Å². The van der Waals surface area contributed by atoms with E-state index in [4.69, 9.17) is 0 Å². The van der Waals surface area contributed by atoms with Gasteiger partial charge in [0.05, 0.1) is 0 Å². The summed E-state index contributed by atoms with van der Waals surface area (Å²) in [7, 11) is 0. The Morgan fingerprint density at radius 1 is 1.11 bits per heavy atom. The van der Waals surface area contributed by atoms with Gasteiger partial charge in [0.25, 0.3) is 0 Å². The van der Waals surface area contributed by atoms with Gasteiger partial charge >= 0.3 is 0 Å². The van der Waals surface area contributed by atoms with Crippen molar-refractivity contribution in [1.29, 1.82) is 0 Å². The summed E-state index contributed by atoms with van der Waals surface area (Å²) in [6, 6.07) is 0.0715. The van der Waals surface area contributed by atoms with Gasteiger partial charge in [-0.25, -0.2) is 0 Å². The van der Waals surface area contributed by atoms with Gasteiger partial charge in [0.1, 0.15) is 11.1 Å². The van der Waals surface area contributed by atoms with Gasteiger partial charge in [-0.15, -0.1) is 0 Å². The van der Waals surface area contributed by atoms with E-state index in [1.54, 1.807) is 0 Å². The molecule has 2 atom stereocenters. The number of nitrogens with one attached hydrogen (secondary N) is 1. The zero-order chi connectivity index (χ0) is 14.0. The molecule has 2 saturated carbocycles. The number of rotatable bonds is 3. The zero-order valence-electron chi connectivity index (χ0n) is 12.3. The number of carbonyl (C=O) groups excluding carboxylic acids is 2. The molecular formula is C15H24N2O2. The molecule has 2 unspecified atom stereocenters. The molecule has 3 fully saturated rings. The standard InChI is InChI=1S/C15H24N2O2/c1-9(2)17-13(19)14(3,10-5-6-10)16-12(18)15(17,4)11-7-8-11/h9-11H,5-8H2,1-4H3,(H,16,18). The molecule has 1 saturated heterocycles. The van der Waals surface area contributed by atoms with Crippen LogP contribution in [0.5, 0.6) is 0 Å². The van der Waals surface area contributed by atoms with E-state index >= 15 is 0 Å². The summed E-state index contributed by atoms with van der Waals surface area (Å²) in [4.78, 5) is 27.6. The average Bonchev–Trinajstić information content (AvgIpc) is 3.17. The van der Waals surface area contributed by atoms with Gasteiger partial charge in [-0.1, -0.05) is 0 Å². The van der Waals surface area contributed by atoms with Crippen LogP contribution >= 0.6 is 0 Å². The Morgan fingerprint density at radius 2 is 1.63 bits per heavy atom. The highest BCUT2D eigenvalue weighted by Crippen LogP contribution is 2.50. The molecule has 0 spiro atoms. The van der Waals surface area contributed by atoms with Gasteiger partial charge < -0.3 is 10.2 Å². The molecule has 2 amide bonds. The lowest BCUT2D eigenvalue weighted by Gasteiger charge is -2.52. The molecule has 106 valence electrons. The second kappa shape index (κ2) is 3.74. The number of hydrogen-bond donors (Lipinski definition) is 1. The first kappa shape index (κ1) is 12.9. The van der Waals surface area contributed by atoms with E-state index in [0.717, 1.165) is 25.7 Å². The molecule has 0 radical (unpaired) electrons. The molecule has 4 nitrogen and oxygen atoms in total. The molecule has 3 rings (SSSR count). The number of carbonyl (C=O) groups is 2. The predicted octanol–water partition coefficient (Wildman–Crippen LogP) is 1.69. The first-order valence-electron chi connectivity index (χ1n) is 7.48. The zero-order valence-corrected chi connectivity index (χ0v) is 12.3. The highest BCUT2D eigenvalue weighted by Gasteiger charge is 2.63. The van der Waals surface area contributed by atoms with E-state index < -0.39 is 11.1 Å². The summed E-state index contributed by atoms with van der Waals surface area (Å²) in [5.41, 5.74) is -1.31. The monoisotopic (exact) mass is 264 g/mol. The van der Waals surface area contributed by atoms with Crippen molar-refractivity contribution >= 4 is 11.8 Å². The van der Waals surface area contributed by atoms with Gasteiger partial charge in [0.2, 0.25) is 11.8 Å². The lowest BCUT2D eigenvalue weighted by molar-refractivity contribution is -0.167. The summed E-state index contributed by atoms with van der Waals surface area (Å²) in [5.74, 6) is 0.841.